The first kappa shape index (κ1) is 17.9. The molecule has 2 rings (SSSR count). The van der Waals surface area contributed by atoms with Gasteiger partial charge in [-0.25, -0.2) is 0 Å². The van der Waals surface area contributed by atoms with Crippen LogP contribution in [0.5, 0.6) is 5.75 Å². The molecular weight excluding hydrogens is 318 g/mol. The van der Waals surface area contributed by atoms with Crippen LogP contribution < -0.4 is 4.74 Å². The average molecular weight is 338 g/mol. The summed E-state index contributed by atoms with van der Waals surface area (Å²) in [7, 11) is 1.67. The smallest absolute Gasteiger partial charge is 0.387 e. The summed E-state index contributed by atoms with van der Waals surface area (Å²) in [6, 6.07) is 3.10. The van der Waals surface area contributed by atoms with Crippen molar-refractivity contribution in [1.29, 1.82) is 0 Å². The number of hydrogen-bond acceptors (Lipinski definition) is 4. The number of halogens is 2. The van der Waals surface area contributed by atoms with E-state index in [2.05, 4.69) is 9.89 Å². The normalized spacial score (nSPS) is 11.0. The zero-order valence-electron chi connectivity index (χ0n) is 14.3. The Morgan fingerprint density at radius 2 is 1.83 bits per heavy atom. The van der Waals surface area contributed by atoms with Gasteiger partial charge in [-0.15, -0.1) is 0 Å². The number of ether oxygens (including phenoxy) is 1. The lowest BCUT2D eigenvalue weighted by Crippen LogP contribution is -2.27. The fourth-order valence-corrected chi connectivity index (χ4v) is 2.61. The summed E-state index contributed by atoms with van der Waals surface area (Å²) < 4.78 is 34.5. The summed E-state index contributed by atoms with van der Waals surface area (Å²) in [5, 5.41) is 3.87. The third-order valence-corrected chi connectivity index (χ3v) is 3.84. The highest BCUT2D eigenvalue weighted by Gasteiger charge is 2.19. The van der Waals surface area contributed by atoms with Crippen molar-refractivity contribution in [2.24, 2.45) is 0 Å². The summed E-state index contributed by atoms with van der Waals surface area (Å²) in [6.45, 7) is 4.33. The molecule has 0 bridgehead atoms. The topological polar surface area (TPSA) is 55.6 Å². The summed E-state index contributed by atoms with van der Waals surface area (Å²) in [4.78, 5) is 14.2. The Kier molecular flexibility index (Phi) is 5.21. The molecule has 0 atom stereocenters. The van der Waals surface area contributed by atoms with Crippen LogP contribution in [0.4, 0.5) is 8.78 Å². The fraction of sp³-hybridized carbons (Fsp3) is 0.412. The molecule has 7 heteroatoms. The highest BCUT2D eigenvalue weighted by atomic mass is 19.3. The Balaban J connectivity index is 2.23. The molecule has 1 amide bonds. The van der Waals surface area contributed by atoms with E-state index in [0.29, 0.717) is 29.0 Å². The lowest BCUT2D eigenvalue weighted by atomic mass is 10.0. The summed E-state index contributed by atoms with van der Waals surface area (Å²) in [6.07, 6.45) is 0. The second-order valence-electron chi connectivity index (χ2n) is 5.78. The van der Waals surface area contributed by atoms with E-state index in [9.17, 15) is 13.6 Å². The second kappa shape index (κ2) is 6.98. The Hall–Kier alpha value is -2.44. The van der Waals surface area contributed by atoms with Gasteiger partial charge in [-0.3, -0.25) is 4.79 Å². The van der Waals surface area contributed by atoms with Crippen LogP contribution in [-0.4, -0.2) is 29.6 Å². The van der Waals surface area contributed by atoms with Crippen molar-refractivity contribution >= 4 is 5.91 Å². The maximum atomic E-state index is 12.6. The number of benzene rings is 1. The molecule has 2 aromatic rings. The minimum absolute atomic E-state index is 0.106. The van der Waals surface area contributed by atoms with Crippen molar-refractivity contribution in [1.82, 2.24) is 10.1 Å². The summed E-state index contributed by atoms with van der Waals surface area (Å²) >= 11 is 0. The minimum Gasteiger partial charge on any atom is -0.434 e. The summed E-state index contributed by atoms with van der Waals surface area (Å²) in [5.41, 5.74) is 2.99. The third-order valence-electron chi connectivity index (χ3n) is 3.84. The van der Waals surface area contributed by atoms with Gasteiger partial charge < -0.3 is 14.2 Å². The van der Waals surface area contributed by atoms with E-state index in [-0.39, 0.29) is 11.7 Å². The molecule has 0 spiro atoms. The largest absolute Gasteiger partial charge is 0.434 e. The predicted octanol–water partition coefficient (Wildman–Crippen LogP) is 3.78. The molecule has 24 heavy (non-hydrogen) atoms. The molecule has 0 fully saturated rings. The molecule has 0 saturated heterocycles. The van der Waals surface area contributed by atoms with Gasteiger partial charge in [0.05, 0.1) is 12.2 Å². The monoisotopic (exact) mass is 338 g/mol. The predicted molar refractivity (Wildman–Crippen MR) is 84.3 cm³/mol. The zero-order valence-corrected chi connectivity index (χ0v) is 14.3. The Labute approximate surface area is 139 Å². The molecule has 0 N–H and O–H groups in total. The Morgan fingerprint density at radius 1 is 1.25 bits per heavy atom. The van der Waals surface area contributed by atoms with Gasteiger partial charge in [0.15, 0.2) is 0 Å². The van der Waals surface area contributed by atoms with Crippen LogP contribution in [0, 0.1) is 27.7 Å². The summed E-state index contributed by atoms with van der Waals surface area (Å²) in [5.74, 6) is 0.555. The number of carbonyl (C=O) groups excluding carboxylic acids is 1. The van der Waals surface area contributed by atoms with Gasteiger partial charge in [0.1, 0.15) is 11.5 Å². The fourth-order valence-electron chi connectivity index (χ4n) is 2.61. The molecule has 0 saturated carbocycles. The quantitative estimate of drug-likeness (QED) is 0.832. The van der Waals surface area contributed by atoms with Crippen LogP contribution in [0.1, 0.15) is 38.5 Å². The van der Waals surface area contributed by atoms with Crippen LogP contribution >= 0.6 is 0 Å². The Bertz CT molecular complexity index is 714. The molecule has 0 radical (unpaired) electrons. The van der Waals surface area contributed by atoms with Crippen molar-refractivity contribution in [2.75, 3.05) is 7.05 Å². The molecule has 0 aliphatic rings. The number of amides is 1. The third kappa shape index (κ3) is 3.72. The zero-order chi connectivity index (χ0) is 18.0. The van der Waals surface area contributed by atoms with Crippen molar-refractivity contribution in [3.8, 4) is 5.75 Å². The molecule has 0 unspecified atom stereocenters. The first-order chi connectivity index (χ1) is 11.2. The van der Waals surface area contributed by atoms with Crippen LogP contribution in [0.3, 0.4) is 0 Å². The van der Waals surface area contributed by atoms with E-state index in [1.807, 2.05) is 6.92 Å². The highest BCUT2D eigenvalue weighted by molar-refractivity contribution is 5.94. The molecular formula is C17H20F2N2O3. The average Bonchev–Trinajstić information content (AvgIpc) is 2.81. The number of rotatable bonds is 5. The van der Waals surface area contributed by atoms with Crippen LogP contribution in [-0.2, 0) is 6.54 Å². The van der Waals surface area contributed by atoms with Gasteiger partial charge in [-0.2, -0.15) is 8.78 Å². The van der Waals surface area contributed by atoms with Crippen molar-refractivity contribution in [3.05, 3.63) is 45.8 Å². The number of carbonyl (C=O) groups is 1. The number of alkyl halides is 2. The minimum atomic E-state index is -2.90. The first-order valence-electron chi connectivity index (χ1n) is 7.44. The van der Waals surface area contributed by atoms with Crippen LogP contribution in [0.15, 0.2) is 16.7 Å². The van der Waals surface area contributed by atoms with Crippen molar-refractivity contribution < 1.29 is 22.8 Å². The number of nitrogens with zero attached hydrogens (tertiary/aromatic N) is 2. The SMILES string of the molecule is Cc1cc(C(=O)N(C)Cc2c(C)noc2C)cc(C)c1OC(F)F. The van der Waals surface area contributed by atoms with E-state index < -0.39 is 6.61 Å². The molecule has 130 valence electrons. The van der Waals surface area contributed by atoms with Gasteiger partial charge in [0.2, 0.25) is 0 Å². The Morgan fingerprint density at radius 3 is 2.29 bits per heavy atom. The van der Waals surface area contributed by atoms with E-state index in [1.165, 1.54) is 4.90 Å². The van der Waals surface area contributed by atoms with E-state index in [0.717, 1.165) is 11.3 Å². The van der Waals surface area contributed by atoms with Gasteiger partial charge in [-0.05, 0) is 51.0 Å². The second-order valence-corrected chi connectivity index (χ2v) is 5.78. The van der Waals surface area contributed by atoms with Crippen LogP contribution in [0.2, 0.25) is 0 Å². The molecule has 1 aromatic heterocycles. The van der Waals surface area contributed by atoms with Gasteiger partial charge in [0, 0.05) is 18.2 Å². The molecule has 0 aliphatic heterocycles. The van der Waals surface area contributed by atoms with E-state index in [4.69, 9.17) is 4.52 Å². The first-order valence-corrected chi connectivity index (χ1v) is 7.44. The van der Waals surface area contributed by atoms with Crippen molar-refractivity contribution in [3.63, 3.8) is 0 Å². The number of aryl methyl sites for hydroxylation is 4. The van der Waals surface area contributed by atoms with E-state index >= 15 is 0 Å². The lowest BCUT2D eigenvalue weighted by Gasteiger charge is -2.19. The molecule has 5 nitrogen and oxygen atoms in total. The standard InChI is InChI=1S/C17H20F2N2O3/c1-9-6-13(7-10(2)15(9)23-17(18)19)16(22)21(5)8-14-11(3)20-24-12(14)4/h6-7,17H,8H2,1-5H3. The molecule has 1 heterocycles. The number of hydrogen-bond donors (Lipinski definition) is 0. The van der Waals surface area contributed by atoms with Gasteiger partial charge in [-0.1, -0.05) is 5.16 Å². The van der Waals surface area contributed by atoms with Crippen LogP contribution in [0.25, 0.3) is 0 Å². The lowest BCUT2D eigenvalue weighted by molar-refractivity contribution is -0.0507. The number of aromatic nitrogens is 1. The van der Waals surface area contributed by atoms with Crippen molar-refractivity contribution in [2.45, 2.75) is 40.9 Å². The molecule has 0 aliphatic carbocycles. The maximum absolute atomic E-state index is 12.6. The van der Waals surface area contributed by atoms with Gasteiger partial charge in [0.25, 0.3) is 5.91 Å². The maximum Gasteiger partial charge on any atom is 0.387 e. The highest BCUT2D eigenvalue weighted by Crippen LogP contribution is 2.27. The van der Waals surface area contributed by atoms with E-state index in [1.54, 1.807) is 40.0 Å². The van der Waals surface area contributed by atoms with Gasteiger partial charge >= 0.3 is 6.61 Å². The molecule has 1 aromatic carbocycles.